The van der Waals surface area contributed by atoms with Crippen molar-refractivity contribution in [2.24, 2.45) is 5.73 Å². The fraction of sp³-hybridized carbons (Fsp3) is 0.179. The third-order valence-corrected chi connectivity index (χ3v) is 6.73. The van der Waals surface area contributed by atoms with Crippen LogP contribution in [0.25, 0.3) is 11.3 Å². The molecule has 1 aliphatic rings. The lowest BCUT2D eigenvalue weighted by Crippen LogP contribution is -2.27. The zero-order valence-corrected chi connectivity index (χ0v) is 21.5. The second-order valence-electron chi connectivity index (χ2n) is 7.94. The van der Waals surface area contributed by atoms with E-state index in [1.807, 2.05) is 12.1 Å². The van der Waals surface area contributed by atoms with Crippen LogP contribution in [0.3, 0.4) is 0 Å². The summed E-state index contributed by atoms with van der Waals surface area (Å²) in [6, 6.07) is 18.3. The highest BCUT2D eigenvalue weighted by Crippen LogP contribution is 2.41. The minimum atomic E-state index is -0.805. The summed E-state index contributed by atoms with van der Waals surface area (Å²) in [5.41, 5.74) is 8.96. The predicted molar refractivity (Wildman–Crippen MR) is 140 cm³/mol. The van der Waals surface area contributed by atoms with Gasteiger partial charge in [-0.2, -0.15) is 10.5 Å². The van der Waals surface area contributed by atoms with Gasteiger partial charge in [-0.15, -0.1) is 0 Å². The van der Waals surface area contributed by atoms with Crippen LogP contribution in [-0.2, 0) is 14.3 Å². The monoisotopic (exact) mass is 525 g/mol. The van der Waals surface area contributed by atoms with Crippen molar-refractivity contribution < 1.29 is 19.0 Å². The van der Waals surface area contributed by atoms with E-state index in [0.29, 0.717) is 27.6 Å². The van der Waals surface area contributed by atoms with E-state index in [1.165, 1.54) is 11.8 Å². The lowest BCUT2D eigenvalue weighted by Gasteiger charge is -2.28. The van der Waals surface area contributed by atoms with Crippen molar-refractivity contribution >= 4 is 17.7 Å². The van der Waals surface area contributed by atoms with E-state index in [1.54, 1.807) is 62.8 Å². The Kier molecular flexibility index (Phi) is 8.27. The SMILES string of the molecule is CCOC(=O)C1=C(CSc2nc(-c3ccncc3)ccc2C#N)OC(N)=C(C#N)[C@H]1c1ccc(OC)cc1. The molecule has 0 saturated carbocycles. The van der Waals surface area contributed by atoms with Gasteiger partial charge in [-0.05, 0) is 48.9 Å². The second-order valence-corrected chi connectivity index (χ2v) is 8.90. The van der Waals surface area contributed by atoms with E-state index in [4.69, 9.17) is 19.9 Å². The number of nitrogens with two attached hydrogens (primary N) is 1. The summed E-state index contributed by atoms with van der Waals surface area (Å²) >= 11 is 1.22. The van der Waals surface area contributed by atoms with Gasteiger partial charge in [0.25, 0.3) is 0 Å². The second kappa shape index (κ2) is 12.0. The molecule has 2 N–H and O–H groups in total. The number of rotatable bonds is 8. The lowest BCUT2D eigenvalue weighted by molar-refractivity contribution is -0.139. The van der Waals surface area contributed by atoms with Crippen molar-refractivity contribution in [3.8, 4) is 29.1 Å². The molecule has 2 aromatic heterocycles. The van der Waals surface area contributed by atoms with Crippen LogP contribution in [0.5, 0.6) is 5.75 Å². The van der Waals surface area contributed by atoms with E-state index in [-0.39, 0.29) is 35.1 Å². The van der Waals surface area contributed by atoms with Gasteiger partial charge in [0.05, 0.1) is 42.2 Å². The quantitative estimate of drug-likeness (QED) is 0.331. The molecule has 0 aliphatic carbocycles. The highest BCUT2D eigenvalue weighted by Gasteiger charge is 2.37. The summed E-state index contributed by atoms with van der Waals surface area (Å²) in [6.45, 7) is 1.83. The average Bonchev–Trinajstić information content (AvgIpc) is 2.96. The van der Waals surface area contributed by atoms with E-state index < -0.39 is 11.9 Å². The number of pyridine rings is 2. The number of methoxy groups -OCH3 is 1. The Labute approximate surface area is 224 Å². The maximum absolute atomic E-state index is 13.2. The summed E-state index contributed by atoms with van der Waals surface area (Å²) in [4.78, 5) is 21.9. The molecule has 0 radical (unpaired) electrons. The molecule has 3 aromatic rings. The summed E-state index contributed by atoms with van der Waals surface area (Å²) < 4.78 is 16.4. The first kappa shape index (κ1) is 26.3. The Morgan fingerprint density at radius 3 is 2.47 bits per heavy atom. The number of aromatic nitrogens is 2. The van der Waals surface area contributed by atoms with E-state index in [2.05, 4.69) is 22.1 Å². The molecule has 0 fully saturated rings. The van der Waals surface area contributed by atoms with Crippen molar-refractivity contribution in [2.75, 3.05) is 19.5 Å². The zero-order chi connectivity index (χ0) is 27.1. The van der Waals surface area contributed by atoms with E-state index >= 15 is 0 Å². The van der Waals surface area contributed by atoms with Gasteiger partial charge in [0.15, 0.2) is 0 Å². The third kappa shape index (κ3) is 5.46. The molecule has 3 heterocycles. The molecule has 9 nitrogen and oxygen atoms in total. The number of benzene rings is 1. The van der Waals surface area contributed by atoms with Crippen LogP contribution in [0, 0.1) is 22.7 Å². The molecule has 0 amide bonds. The summed E-state index contributed by atoms with van der Waals surface area (Å²) in [7, 11) is 1.55. The molecule has 10 heteroatoms. The Balaban J connectivity index is 1.76. The molecule has 0 spiro atoms. The fourth-order valence-corrected chi connectivity index (χ4v) is 4.85. The van der Waals surface area contributed by atoms with E-state index in [0.717, 1.165) is 5.56 Å². The fourth-order valence-electron chi connectivity index (χ4n) is 3.94. The molecule has 38 heavy (non-hydrogen) atoms. The Morgan fingerprint density at radius 1 is 1.11 bits per heavy atom. The largest absolute Gasteiger partial charge is 0.497 e. The first-order valence-corrected chi connectivity index (χ1v) is 12.5. The molecular weight excluding hydrogens is 502 g/mol. The molecule has 0 bridgehead atoms. The Morgan fingerprint density at radius 2 is 1.84 bits per heavy atom. The third-order valence-electron chi connectivity index (χ3n) is 5.74. The molecule has 1 aliphatic heterocycles. The van der Waals surface area contributed by atoms with Gasteiger partial charge in [-0.3, -0.25) is 4.98 Å². The summed E-state index contributed by atoms with van der Waals surface area (Å²) in [6.07, 6.45) is 3.32. The van der Waals surface area contributed by atoms with E-state index in [9.17, 15) is 15.3 Å². The standard InChI is InChI=1S/C28H23N5O4S/c1-3-36-28(34)25-23(37-26(31)21(15-30)24(25)18-4-7-20(35-2)8-5-18)16-38-27-19(14-29)6-9-22(33-27)17-10-12-32-13-11-17/h4-13,24H,3,16,31H2,1-2H3/t24-/m1/s1. The molecule has 190 valence electrons. The van der Waals surface area contributed by atoms with Crippen LogP contribution in [-0.4, -0.2) is 35.4 Å². The number of carbonyl (C=O) groups is 1. The van der Waals surface area contributed by atoms with Gasteiger partial charge in [0, 0.05) is 18.0 Å². The molecule has 0 unspecified atom stereocenters. The van der Waals surface area contributed by atoms with Crippen LogP contribution < -0.4 is 10.5 Å². The van der Waals surface area contributed by atoms with Crippen molar-refractivity contribution in [1.29, 1.82) is 10.5 Å². The summed E-state index contributed by atoms with van der Waals surface area (Å²) in [5, 5.41) is 20.0. The van der Waals surface area contributed by atoms with Crippen molar-refractivity contribution in [3.05, 3.63) is 94.8 Å². The lowest BCUT2D eigenvalue weighted by atomic mass is 9.83. The number of esters is 1. The van der Waals surface area contributed by atoms with Gasteiger partial charge < -0.3 is 19.9 Å². The minimum Gasteiger partial charge on any atom is -0.497 e. The number of carbonyl (C=O) groups excluding carboxylic acids is 1. The van der Waals surface area contributed by atoms with Gasteiger partial charge >= 0.3 is 5.97 Å². The molecule has 4 rings (SSSR count). The van der Waals surface area contributed by atoms with Crippen molar-refractivity contribution in [3.63, 3.8) is 0 Å². The molecule has 1 atom stereocenters. The Hall–Kier alpha value is -4.80. The van der Waals surface area contributed by atoms with Crippen LogP contribution in [0.2, 0.25) is 0 Å². The first-order valence-electron chi connectivity index (χ1n) is 11.6. The number of nitrogens with zero attached hydrogens (tertiary/aromatic N) is 4. The van der Waals surface area contributed by atoms with Crippen LogP contribution in [0.15, 0.2) is 88.7 Å². The summed E-state index contributed by atoms with van der Waals surface area (Å²) in [5.74, 6) is -0.564. The minimum absolute atomic E-state index is 0.0995. The smallest absolute Gasteiger partial charge is 0.338 e. The van der Waals surface area contributed by atoms with Crippen molar-refractivity contribution in [2.45, 2.75) is 17.9 Å². The topological polar surface area (TPSA) is 144 Å². The predicted octanol–water partition coefficient (Wildman–Crippen LogP) is 4.44. The van der Waals surface area contributed by atoms with Gasteiger partial charge in [-0.25, -0.2) is 9.78 Å². The highest BCUT2D eigenvalue weighted by molar-refractivity contribution is 7.99. The number of hydrogen-bond donors (Lipinski definition) is 1. The average molecular weight is 526 g/mol. The number of hydrogen-bond acceptors (Lipinski definition) is 10. The maximum Gasteiger partial charge on any atom is 0.338 e. The van der Waals surface area contributed by atoms with Gasteiger partial charge in [0.2, 0.25) is 5.88 Å². The molecular formula is C28H23N5O4S. The Bertz CT molecular complexity index is 1490. The normalized spacial score (nSPS) is 14.8. The number of thioether (sulfide) groups is 1. The zero-order valence-electron chi connectivity index (χ0n) is 20.7. The number of allylic oxidation sites excluding steroid dienone is 1. The van der Waals surface area contributed by atoms with Gasteiger partial charge in [-0.1, -0.05) is 23.9 Å². The van der Waals surface area contributed by atoms with Crippen LogP contribution >= 0.6 is 11.8 Å². The number of nitriles is 2. The van der Waals surface area contributed by atoms with Crippen LogP contribution in [0.4, 0.5) is 0 Å². The maximum atomic E-state index is 13.2. The van der Waals surface area contributed by atoms with Crippen molar-refractivity contribution in [1.82, 2.24) is 9.97 Å². The highest BCUT2D eigenvalue weighted by atomic mass is 32.2. The number of ether oxygens (including phenoxy) is 3. The molecule has 0 saturated heterocycles. The first-order chi connectivity index (χ1) is 18.5. The van der Waals surface area contributed by atoms with Gasteiger partial charge in [0.1, 0.15) is 34.2 Å². The molecule has 1 aromatic carbocycles. The van der Waals surface area contributed by atoms with Crippen LogP contribution in [0.1, 0.15) is 24.0 Å².